The molecule has 0 aliphatic rings. The van der Waals surface area contributed by atoms with Crippen LogP contribution in [0.2, 0.25) is 10.3 Å². The Morgan fingerprint density at radius 3 is 2.90 bits per heavy atom. The maximum atomic E-state index is 11.3. The second kappa shape index (κ2) is 6.88. The van der Waals surface area contributed by atoms with Crippen molar-refractivity contribution in [1.82, 2.24) is 9.36 Å². The van der Waals surface area contributed by atoms with E-state index < -0.39 is 0 Å². The Bertz CT molecular complexity index is 618. The molecule has 0 radical (unpaired) electrons. The number of carbonyl (C=O) groups is 1. The predicted molar refractivity (Wildman–Crippen MR) is 80.5 cm³/mol. The van der Waals surface area contributed by atoms with Gasteiger partial charge in [0.25, 0.3) is 0 Å². The van der Waals surface area contributed by atoms with Crippen molar-refractivity contribution in [2.24, 2.45) is 0 Å². The van der Waals surface area contributed by atoms with Gasteiger partial charge >= 0.3 is 5.97 Å². The number of aromatic nitrogens is 2. The topological polar surface area (TPSA) is 64.1 Å². The average Bonchev–Trinajstić information content (AvgIpc) is 2.85. The van der Waals surface area contributed by atoms with Gasteiger partial charge < -0.3 is 10.1 Å². The van der Waals surface area contributed by atoms with Crippen LogP contribution in [0.15, 0.2) is 18.2 Å². The molecule has 0 fully saturated rings. The van der Waals surface area contributed by atoms with Crippen LogP contribution in [0.25, 0.3) is 10.6 Å². The molecular formula is C12H11Cl2N3O2S. The van der Waals surface area contributed by atoms with Gasteiger partial charge in [0.15, 0.2) is 0 Å². The van der Waals surface area contributed by atoms with Gasteiger partial charge in [0.1, 0.15) is 11.6 Å². The van der Waals surface area contributed by atoms with Gasteiger partial charge in [0.2, 0.25) is 5.28 Å². The van der Waals surface area contributed by atoms with E-state index in [2.05, 4.69) is 14.7 Å². The molecule has 106 valence electrons. The summed E-state index contributed by atoms with van der Waals surface area (Å²) in [5, 5.41) is 4.33. The Labute approximate surface area is 130 Å². The minimum Gasteiger partial charge on any atom is -0.465 e. The Hall–Kier alpha value is -1.37. The van der Waals surface area contributed by atoms with Crippen LogP contribution in [0.3, 0.4) is 0 Å². The molecule has 0 aliphatic carbocycles. The zero-order valence-electron chi connectivity index (χ0n) is 10.5. The second-order valence-electron chi connectivity index (χ2n) is 3.72. The lowest BCUT2D eigenvalue weighted by atomic mass is 10.2. The van der Waals surface area contributed by atoms with E-state index in [1.807, 2.05) is 6.07 Å². The third-order valence-corrected chi connectivity index (χ3v) is 3.71. The fourth-order valence-electron chi connectivity index (χ4n) is 1.50. The molecule has 2 rings (SSSR count). The van der Waals surface area contributed by atoms with E-state index in [9.17, 15) is 4.79 Å². The van der Waals surface area contributed by atoms with Gasteiger partial charge in [-0.2, -0.15) is 4.37 Å². The van der Waals surface area contributed by atoms with Crippen LogP contribution in [-0.2, 0) is 9.53 Å². The van der Waals surface area contributed by atoms with Gasteiger partial charge in [-0.15, -0.1) is 0 Å². The van der Waals surface area contributed by atoms with Crippen molar-refractivity contribution < 1.29 is 9.53 Å². The highest BCUT2D eigenvalue weighted by Crippen LogP contribution is 2.30. The first-order valence-electron chi connectivity index (χ1n) is 5.78. The van der Waals surface area contributed by atoms with Crippen molar-refractivity contribution in [3.63, 3.8) is 0 Å². The molecule has 0 aliphatic heterocycles. The number of anilines is 1. The molecule has 20 heavy (non-hydrogen) atoms. The van der Waals surface area contributed by atoms with Crippen molar-refractivity contribution in [2.75, 3.05) is 18.5 Å². The molecule has 0 spiro atoms. The average molecular weight is 332 g/mol. The molecular weight excluding hydrogens is 321 g/mol. The van der Waals surface area contributed by atoms with E-state index in [0.29, 0.717) is 22.3 Å². The van der Waals surface area contributed by atoms with Crippen LogP contribution in [0.5, 0.6) is 0 Å². The molecule has 1 heterocycles. The summed E-state index contributed by atoms with van der Waals surface area (Å²) >= 11 is 13.0. The van der Waals surface area contributed by atoms with Crippen molar-refractivity contribution in [1.29, 1.82) is 0 Å². The first-order valence-corrected chi connectivity index (χ1v) is 7.31. The molecule has 1 N–H and O–H groups in total. The fraction of sp³-hybridized carbons (Fsp3) is 0.250. The third-order valence-electron chi connectivity index (χ3n) is 2.34. The summed E-state index contributed by atoms with van der Waals surface area (Å²) in [4.78, 5) is 15.4. The van der Waals surface area contributed by atoms with Crippen LogP contribution < -0.4 is 5.32 Å². The standard InChI is InChI=1S/C12H11Cl2N3O2S/c1-2-19-10(18)6-15-9-5-7(3-4-8(9)13)11-16-12(14)17-20-11/h3-5,15H,2,6H2,1H3. The van der Waals surface area contributed by atoms with E-state index in [4.69, 9.17) is 27.9 Å². The zero-order chi connectivity index (χ0) is 14.5. The summed E-state index contributed by atoms with van der Waals surface area (Å²) in [7, 11) is 0. The molecule has 1 aromatic heterocycles. The van der Waals surface area contributed by atoms with Crippen LogP contribution in [0, 0.1) is 0 Å². The summed E-state index contributed by atoms with van der Waals surface area (Å²) in [6, 6.07) is 5.33. The van der Waals surface area contributed by atoms with Crippen LogP contribution >= 0.6 is 34.7 Å². The molecule has 0 saturated carbocycles. The number of carbonyl (C=O) groups excluding carboxylic acids is 1. The Morgan fingerprint density at radius 2 is 2.25 bits per heavy atom. The third kappa shape index (κ3) is 3.82. The lowest BCUT2D eigenvalue weighted by molar-refractivity contribution is -0.140. The van der Waals surface area contributed by atoms with Gasteiger partial charge in [-0.3, -0.25) is 4.79 Å². The van der Waals surface area contributed by atoms with Gasteiger partial charge in [-0.25, -0.2) is 4.98 Å². The van der Waals surface area contributed by atoms with E-state index in [1.165, 1.54) is 11.5 Å². The second-order valence-corrected chi connectivity index (χ2v) is 5.22. The number of hydrogen-bond acceptors (Lipinski definition) is 6. The molecule has 0 saturated heterocycles. The van der Waals surface area contributed by atoms with E-state index >= 15 is 0 Å². The number of nitrogens with zero attached hydrogens (tertiary/aromatic N) is 2. The minimum atomic E-state index is -0.340. The number of halogens is 2. The van der Waals surface area contributed by atoms with Gasteiger partial charge in [0, 0.05) is 5.56 Å². The van der Waals surface area contributed by atoms with E-state index in [1.54, 1.807) is 19.1 Å². The molecule has 1 aromatic carbocycles. The number of ether oxygens (including phenoxy) is 1. The Morgan fingerprint density at radius 1 is 1.45 bits per heavy atom. The number of benzene rings is 1. The van der Waals surface area contributed by atoms with Crippen LogP contribution in [-0.4, -0.2) is 28.5 Å². The minimum absolute atomic E-state index is 0.0495. The zero-order valence-corrected chi connectivity index (χ0v) is 12.8. The highest BCUT2D eigenvalue weighted by atomic mass is 35.5. The molecule has 0 unspecified atom stereocenters. The maximum Gasteiger partial charge on any atom is 0.325 e. The quantitative estimate of drug-likeness (QED) is 0.849. The SMILES string of the molecule is CCOC(=O)CNc1cc(-c2nc(Cl)ns2)ccc1Cl. The van der Waals surface area contributed by atoms with Crippen molar-refractivity contribution in [3.8, 4) is 10.6 Å². The summed E-state index contributed by atoms with van der Waals surface area (Å²) < 4.78 is 8.75. The van der Waals surface area contributed by atoms with Gasteiger partial charge in [-0.05, 0) is 42.2 Å². The van der Waals surface area contributed by atoms with E-state index in [0.717, 1.165) is 5.56 Å². The van der Waals surface area contributed by atoms with Crippen LogP contribution in [0.4, 0.5) is 5.69 Å². The summed E-state index contributed by atoms with van der Waals surface area (Å²) in [5.74, 6) is -0.340. The van der Waals surface area contributed by atoms with E-state index in [-0.39, 0.29) is 17.8 Å². The monoisotopic (exact) mass is 331 g/mol. The highest BCUT2D eigenvalue weighted by molar-refractivity contribution is 7.09. The number of rotatable bonds is 5. The van der Waals surface area contributed by atoms with Gasteiger partial charge in [0.05, 0.1) is 17.3 Å². The van der Waals surface area contributed by atoms with Crippen molar-refractivity contribution in [3.05, 3.63) is 28.5 Å². The molecule has 5 nitrogen and oxygen atoms in total. The summed E-state index contributed by atoms with van der Waals surface area (Å²) in [5.41, 5.74) is 1.45. The normalized spacial score (nSPS) is 10.3. The maximum absolute atomic E-state index is 11.3. The Balaban J connectivity index is 2.14. The molecule has 0 atom stereocenters. The molecule has 2 aromatic rings. The predicted octanol–water partition coefficient (Wildman–Crippen LogP) is 3.49. The molecule has 8 heteroatoms. The molecule has 0 bridgehead atoms. The molecule has 0 amide bonds. The van der Waals surface area contributed by atoms with Gasteiger partial charge in [-0.1, -0.05) is 17.7 Å². The van der Waals surface area contributed by atoms with Crippen LogP contribution in [0.1, 0.15) is 6.92 Å². The number of esters is 1. The van der Waals surface area contributed by atoms with Crippen molar-refractivity contribution >= 4 is 46.4 Å². The number of hydrogen-bond donors (Lipinski definition) is 1. The summed E-state index contributed by atoms with van der Waals surface area (Å²) in [6.07, 6.45) is 0. The fourth-order valence-corrected chi connectivity index (χ4v) is 2.48. The highest BCUT2D eigenvalue weighted by Gasteiger charge is 2.09. The first kappa shape index (κ1) is 15.0. The lowest BCUT2D eigenvalue weighted by Gasteiger charge is -2.09. The largest absolute Gasteiger partial charge is 0.465 e. The first-order chi connectivity index (χ1) is 9.60. The smallest absolute Gasteiger partial charge is 0.325 e. The summed E-state index contributed by atoms with van der Waals surface area (Å²) in [6.45, 7) is 2.15. The lowest BCUT2D eigenvalue weighted by Crippen LogP contribution is -2.16. The Kier molecular flexibility index (Phi) is 5.17. The van der Waals surface area contributed by atoms with Crippen molar-refractivity contribution in [2.45, 2.75) is 6.92 Å². The number of nitrogens with one attached hydrogen (secondary N) is 1.